The van der Waals surface area contributed by atoms with Crippen LogP contribution in [0.4, 0.5) is 0 Å². The molecule has 0 saturated carbocycles. The topological polar surface area (TPSA) is 99.5 Å². The number of benzene rings is 2. The zero-order valence-corrected chi connectivity index (χ0v) is 21.2. The predicted molar refractivity (Wildman–Crippen MR) is 134 cm³/mol. The molecule has 3 rings (SSSR count). The van der Waals surface area contributed by atoms with Crippen LogP contribution in [0.1, 0.15) is 36.6 Å². The van der Waals surface area contributed by atoms with E-state index in [1.807, 2.05) is 25.9 Å². The molecule has 8 heteroatoms. The molecular formula is C27H34N2O6. The lowest BCUT2D eigenvalue weighted by Crippen LogP contribution is -2.35. The number of ketones is 1. The number of nitrogens with zero attached hydrogens (tertiary/aromatic N) is 2. The van der Waals surface area contributed by atoms with Crippen molar-refractivity contribution in [1.29, 1.82) is 0 Å². The smallest absolute Gasteiger partial charge is 0.295 e. The van der Waals surface area contributed by atoms with Gasteiger partial charge in [-0.25, -0.2) is 0 Å². The average Bonchev–Trinajstić information content (AvgIpc) is 3.06. The van der Waals surface area contributed by atoms with Crippen LogP contribution in [-0.2, 0) is 9.59 Å². The molecule has 2 N–H and O–H groups in total. The van der Waals surface area contributed by atoms with E-state index in [-0.39, 0.29) is 29.4 Å². The van der Waals surface area contributed by atoms with Gasteiger partial charge in [-0.15, -0.1) is 0 Å². The molecule has 0 aliphatic carbocycles. The number of Topliss-reactive ketones (excluding diaryl/α,β-unsaturated/α-hetero) is 1. The number of aliphatic hydroxyl groups is 1. The van der Waals surface area contributed by atoms with Crippen molar-refractivity contribution in [3.63, 3.8) is 0 Å². The van der Waals surface area contributed by atoms with Crippen molar-refractivity contribution in [2.24, 2.45) is 5.92 Å². The Balaban J connectivity index is 2.12. The molecule has 0 radical (unpaired) electrons. The molecule has 8 nitrogen and oxygen atoms in total. The van der Waals surface area contributed by atoms with E-state index in [4.69, 9.17) is 9.47 Å². The van der Waals surface area contributed by atoms with E-state index >= 15 is 0 Å². The monoisotopic (exact) mass is 482 g/mol. The largest absolute Gasteiger partial charge is 0.507 e. The van der Waals surface area contributed by atoms with Crippen molar-refractivity contribution in [3.05, 3.63) is 58.7 Å². The number of aromatic hydroxyl groups is 1. The second-order valence-electron chi connectivity index (χ2n) is 9.41. The minimum absolute atomic E-state index is 0.000415. The molecule has 2 aromatic rings. The Morgan fingerprint density at radius 2 is 1.86 bits per heavy atom. The molecule has 0 spiro atoms. The summed E-state index contributed by atoms with van der Waals surface area (Å²) in [5.41, 5.74) is 1.71. The highest BCUT2D eigenvalue weighted by Gasteiger charge is 2.46. The normalized spacial score (nSPS) is 17.5. The zero-order valence-electron chi connectivity index (χ0n) is 21.2. The van der Waals surface area contributed by atoms with Crippen LogP contribution >= 0.6 is 0 Å². The van der Waals surface area contributed by atoms with Crippen LogP contribution in [-0.4, -0.2) is 72.6 Å². The van der Waals surface area contributed by atoms with E-state index in [2.05, 4.69) is 13.8 Å². The Labute approximate surface area is 206 Å². The Bertz CT molecular complexity index is 1140. The summed E-state index contributed by atoms with van der Waals surface area (Å²) in [6.45, 7) is 7.30. The van der Waals surface area contributed by atoms with Gasteiger partial charge in [-0.1, -0.05) is 19.9 Å². The lowest BCUT2D eigenvalue weighted by atomic mass is 9.93. The van der Waals surface area contributed by atoms with E-state index < -0.39 is 17.7 Å². The van der Waals surface area contributed by atoms with Crippen LogP contribution in [0, 0.1) is 12.8 Å². The van der Waals surface area contributed by atoms with Crippen LogP contribution < -0.4 is 9.47 Å². The Kier molecular flexibility index (Phi) is 8.07. The zero-order chi connectivity index (χ0) is 25.9. The summed E-state index contributed by atoms with van der Waals surface area (Å²) in [4.78, 5) is 29.6. The van der Waals surface area contributed by atoms with E-state index in [0.717, 1.165) is 0 Å². The fourth-order valence-corrected chi connectivity index (χ4v) is 4.03. The minimum atomic E-state index is -0.833. The first-order chi connectivity index (χ1) is 16.5. The Morgan fingerprint density at radius 1 is 1.14 bits per heavy atom. The van der Waals surface area contributed by atoms with Gasteiger partial charge in [-0.2, -0.15) is 0 Å². The van der Waals surface area contributed by atoms with Gasteiger partial charge in [-0.05, 0) is 68.4 Å². The number of amides is 1. The van der Waals surface area contributed by atoms with E-state index in [0.29, 0.717) is 41.5 Å². The number of phenols is 1. The van der Waals surface area contributed by atoms with Gasteiger partial charge < -0.3 is 29.5 Å². The van der Waals surface area contributed by atoms with Crippen LogP contribution in [0.15, 0.2) is 42.0 Å². The first-order valence-electron chi connectivity index (χ1n) is 11.6. The molecule has 0 aromatic heterocycles. The highest BCUT2D eigenvalue weighted by atomic mass is 16.5. The van der Waals surface area contributed by atoms with Gasteiger partial charge in [0.05, 0.1) is 25.3 Å². The second kappa shape index (κ2) is 10.8. The molecule has 1 heterocycles. The van der Waals surface area contributed by atoms with Crippen molar-refractivity contribution < 1.29 is 29.3 Å². The number of aryl methyl sites for hydroxylation is 1. The Hall–Kier alpha value is -3.52. The van der Waals surface area contributed by atoms with Crippen LogP contribution in [0.3, 0.4) is 0 Å². The lowest BCUT2D eigenvalue weighted by molar-refractivity contribution is -0.140. The number of carbonyl (C=O) groups is 2. The summed E-state index contributed by atoms with van der Waals surface area (Å²) in [7, 11) is 5.18. The number of ether oxygens (including phenoxy) is 2. The second-order valence-corrected chi connectivity index (χ2v) is 9.41. The fraction of sp³-hybridized carbons (Fsp3) is 0.407. The number of hydrogen-bond acceptors (Lipinski definition) is 7. The molecule has 0 bridgehead atoms. The van der Waals surface area contributed by atoms with Crippen molar-refractivity contribution in [2.45, 2.75) is 26.8 Å². The number of aliphatic hydroxyl groups excluding tert-OH is 1. The molecule has 1 atom stereocenters. The first-order valence-corrected chi connectivity index (χ1v) is 11.6. The standard InChI is InChI=1S/C27H34N2O6/c1-16(2)15-35-19-8-9-20(17(3)13-19)25(31)23-24(18-7-10-21(30)22(14-18)34-6)29(12-11-28(4)5)27(33)26(23)32/h7-10,13-14,16,24,30-31H,11-12,15H2,1-6H3/t24-/m1/s1. The third kappa shape index (κ3) is 5.59. The van der Waals surface area contributed by atoms with Gasteiger partial charge in [0.25, 0.3) is 11.7 Å². The number of methoxy groups -OCH3 is 1. The fourth-order valence-electron chi connectivity index (χ4n) is 4.03. The highest BCUT2D eigenvalue weighted by Crippen LogP contribution is 2.42. The van der Waals surface area contributed by atoms with Gasteiger partial charge in [0, 0.05) is 18.7 Å². The molecule has 0 unspecified atom stereocenters. The summed E-state index contributed by atoms with van der Waals surface area (Å²) in [6, 6.07) is 9.07. The summed E-state index contributed by atoms with van der Waals surface area (Å²) >= 11 is 0. The summed E-state index contributed by atoms with van der Waals surface area (Å²) in [5.74, 6) is -0.501. The SMILES string of the molecule is COc1cc([C@@H]2C(=C(O)c3ccc(OCC(C)C)cc3C)C(=O)C(=O)N2CCN(C)C)ccc1O. The number of rotatable bonds is 9. The molecular weight excluding hydrogens is 448 g/mol. The number of hydrogen-bond donors (Lipinski definition) is 2. The van der Waals surface area contributed by atoms with Gasteiger partial charge in [-0.3, -0.25) is 9.59 Å². The van der Waals surface area contributed by atoms with Crippen molar-refractivity contribution in [1.82, 2.24) is 9.80 Å². The molecule has 1 amide bonds. The molecule has 188 valence electrons. The number of likely N-dealkylation sites (N-methyl/N-ethyl adjacent to an activating group) is 1. The molecule has 35 heavy (non-hydrogen) atoms. The highest BCUT2D eigenvalue weighted by molar-refractivity contribution is 6.46. The quantitative estimate of drug-likeness (QED) is 0.319. The number of carbonyl (C=O) groups excluding carboxylic acids is 2. The van der Waals surface area contributed by atoms with Gasteiger partial charge in [0.1, 0.15) is 11.5 Å². The summed E-state index contributed by atoms with van der Waals surface area (Å²) < 4.78 is 11.0. The van der Waals surface area contributed by atoms with Crippen molar-refractivity contribution in [3.8, 4) is 17.2 Å². The van der Waals surface area contributed by atoms with Crippen LogP contribution in [0.5, 0.6) is 17.2 Å². The van der Waals surface area contributed by atoms with E-state index in [1.54, 1.807) is 30.3 Å². The third-order valence-corrected chi connectivity index (χ3v) is 5.88. The van der Waals surface area contributed by atoms with E-state index in [1.165, 1.54) is 18.1 Å². The lowest BCUT2D eigenvalue weighted by Gasteiger charge is -2.27. The number of likely N-dealkylation sites (tertiary alicyclic amines) is 1. The third-order valence-electron chi connectivity index (χ3n) is 5.88. The maximum Gasteiger partial charge on any atom is 0.295 e. The van der Waals surface area contributed by atoms with Crippen molar-refractivity contribution >= 4 is 17.4 Å². The molecule has 1 aliphatic heterocycles. The first kappa shape index (κ1) is 26.1. The van der Waals surface area contributed by atoms with Gasteiger partial charge >= 0.3 is 0 Å². The number of phenolic OH excluding ortho intramolecular Hbond substituents is 1. The molecule has 1 saturated heterocycles. The summed E-state index contributed by atoms with van der Waals surface area (Å²) in [6.07, 6.45) is 0. The van der Waals surface area contributed by atoms with Crippen molar-refractivity contribution in [2.75, 3.05) is 40.9 Å². The van der Waals surface area contributed by atoms with Crippen LogP contribution in [0.25, 0.3) is 5.76 Å². The maximum atomic E-state index is 13.2. The molecule has 1 aliphatic rings. The van der Waals surface area contributed by atoms with Gasteiger partial charge in [0.15, 0.2) is 11.5 Å². The van der Waals surface area contributed by atoms with Gasteiger partial charge in [0.2, 0.25) is 0 Å². The molecule has 2 aromatic carbocycles. The maximum absolute atomic E-state index is 13.2. The minimum Gasteiger partial charge on any atom is -0.507 e. The molecule has 1 fully saturated rings. The summed E-state index contributed by atoms with van der Waals surface area (Å²) in [5, 5.41) is 21.4. The average molecular weight is 483 g/mol. The Morgan fingerprint density at radius 3 is 2.46 bits per heavy atom. The van der Waals surface area contributed by atoms with E-state index in [9.17, 15) is 19.8 Å². The van der Waals surface area contributed by atoms with Crippen LogP contribution in [0.2, 0.25) is 0 Å². The predicted octanol–water partition coefficient (Wildman–Crippen LogP) is 3.73.